The monoisotopic (exact) mass is 603 g/mol. The number of nitrogens with one attached hydrogen (secondary N) is 1. The third-order valence-electron chi connectivity index (χ3n) is 7.71. The number of anilines is 3. The van der Waals surface area contributed by atoms with Crippen LogP contribution in [0.1, 0.15) is 95.9 Å². The van der Waals surface area contributed by atoms with E-state index in [9.17, 15) is 4.79 Å². The van der Waals surface area contributed by atoms with E-state index in [-0.39, 0.29) is 5.91 Å². The molecule has 0 aliphatic rings. The summed E-state index contributed by atoms with van der Waals surface area (Å²) < 4.78 is 0. The molecule has 1 aromatic heterocycles. The molecule has 0 aliphatic heterocycles. The second kappa shape index (κ2) is 20.0. The maximum absolute atomic E-state index is 13.4. The maximum Gasteiger partial charge on any atom is 0.224 e. The van der Waals surface area contributed by atoms with E-state index < -0.39 is 0 Å². The number of nitrogens with zero attached hydrogens (tertiary/aromatic N) is 4. The van der Waals surface area contributed by atoms with Gasteiger partial charge < -0.3 is 15.1 Å². The molecule has 6 nitrogen and oxygen atoms in total. The Hall–Kier alpha value is -3.06. The summed E-state index contributed by atoms with van der Waals surface area (Å²) in [6.07, 6.45) is 14.2. The van der Waals surface area contributed by atoms with Crippen LogP contribution in [0.25, 0.3) is 0 Å². The first-order chi connectivity index (χ1) is 21.0. The summed E-state index contributed by atoms with van der Waals surface area (Å²) in [6.45, 7) is 9.93. The number of hydrogen-bond donors (Lipinski definition) is 1. The molecule has 1 N–H and O–H groups in total. The average Bonchev–Trinajstić information content (AvgIpc) is 3.03. The van der Waals surface area contributed by atoms with E-state index in [2.05, 4.69) is 89.6 Å². The molecule has 2 aromatic carbocycles. The lowest BCUT2D eigenvalue weighted by Gasteiger charge is -2.27. The Balaban J connectivity index is 1.73. The van der Waals surface area contributed by atoms with Crippen LogP contribution in [0, 0.1) is 6.92 Å². The van der Waals surface area contributed by atoms with Gasteiger partial charge in [-0.15, -0.1) is 11.8 Å². The Labute approximate surface area is 265 Å². The van der Waals surface area contributed by atoms with Gasteiger partial charge in [0.05, 0.1) is 0 Å². The fourth-order valence-electron chi connectivity index (χ4n) is 5.36. The van der Waals surface area contributed by atoms with Gasteiger partial charge in [0.1, 0.15) is 16.5 Å². The van der Waals surface area contributed by atoms with E-state index in [1.165, 1.54) is 62.6 Å². The lowest BCUT2D eigenvalue weighted by atomic mass is 10.1. The normalized spacial score (nSPS) is 11.0. The summed E-state index contributed by atoms with van der Waals surface area (Å²) in [6, 6.07) is 21.1. The van der Waals surface area contributed by atoms with E-state index in [0.717, 1.165) is 61.4 Å². The minimum atomic E-state index is 0.0191. The van der Waals surface area contributed by atoms with Crippen molar-refractivity contribution in [3.05, 3.63) is 72.1 Å². The quantitative estimate of drug-likeness (QED) is 0.0744. The third-order valence-corrected chi connectivity index (χ3v) is 8.39. The van der Waals surface area contributed by atoms with Crippen LogP contribution in [0.2, 0.25) is 0 Å². The summed E-state index contributed by atoms with van der Waals surface area (Å²) >= 11 is 1.56. The van der Waals surface area contributed by atoms with Crippen molar-refractivity contribution < 1.29 is 4.79 Å². The molecule has 3 rings (SSSR count). The minimum absolute atomic E-state index is 0.0191. The fourth-order valence-corrected chi connectivity index (χ4v) is 5.93. The molecule has 3 aromatic rings. The highest BCUT2D eigenvalue weighted by Crippen LogP contribution is 2.34. The number of carbonyl (C=O) groups is 1. The second-order valence-corrected chi connectivity index (χ2v) is 12.1. The highest BCUT2D eigenvalue weighted by atomic mass is 32.2. The predicted molar refractivity (Wildman–Crippen MR) is 185 cm³/mol. The molecule has 0 saturated carbocycles. The van der Waals surface area contributed by atoms with Crippen LogP contribution in [0.4, 0.5) is 17.2 Å². The van der Waals surface area contributed by atoms with E-state index in [1.54, 1.807) is 11.8 Å². The standard InChI is InChI=1S/C36H53N5OS/c1-5-7-9-11-19-27-41(29-31-21-14-12-15-22-31)35-34(36(43-4)38-30(3)37-35)39-33(42)25-20-28-40(26-18-10-8-6-2)32-23-16-13-17-24-32/h12-17,21-24H,5-11,18-20,25-29H2,1-4H3,(H,39,42). The summed E-state index contributed by atoms with van der Waals surface area (Å²) in [7, 11) is 0. The summed E-state index contributed by atoms with van der Waals surface area (Å²) in [4.78, 5) is 27.8. The number of aromatic nitrogens is 2. The molecule has 0 radical (unpaired) electrons. The number of unbranched alkanes of at least 4 members (excludes halogenated alkanes) is 7. The first-order valence-electron chi connectivity index (χ1n) is 16.4. The maximum atomic E-state index is 13.4. The zero-order valence-electron chi connectivity index (χ0n) is 27.0. The van der Waals surface area contributed by atoms with Gasteiger partial charge in [0.25, 0.3) is 0 Å². The molecular weight excluding hydrogens is 550 g/mol. The van der Waals surface area contributed by atoms with E-state index >= 15 is 0 Å². The van der Waals surface area contributed by atoms with Crippen LogP contribution in [0.15, 0.2) is 65.7 Å². The Morgan fingerprint density at radius 3 is 1.98 bits per heavy atom. The molecular formula is C36H53N5OS. The number of aryl methyl sites for hydroxylation is 1. The van der Waals surface area contributed by atoms with E-state index in [4.69, 9.17) is 9.97 Å². The lowest BCUT2D eigenvalue weighted by Crippen LogP contribution is -2.28. The van der Waals surface area contributed by atoms with Gasteiger partial charge >= 0.3 is 0 Å². The molecule has 43 heavy (non-hydrogen) atoms. The first-order valence-corrected chi connectivity index (χ1v) is 17.6. The fraction of sp³-hybridized carbons (Fsp3) is 0.528. The van der Waals surface area contributed by atoms with Crippen LogP contribution >= 0.6 is 11.8 Å². The van der Waals surface area contributed by atoms with Crippen molar-refractivity contribution in [1.82, 2.24) is 9.97 Å². The Morgan fingerprint density at radius 2 is 1.33 bits per heavy atom. The molecule has 0 bridgehead atoms. The summed E-state index contributed by atoms with van der Waals surface area (Å²) in [5, 5.41) is 4.08. The van der Waals surface area contributed by atoms with Crippen molar-refractivity contribution in [1.29, 1.82) is 0 Å². The number of para-hydroxylation sites is 1. The van der Waals surface area contributed by atoms with Crippen molar-refractivity contribution in [2.24, 2.45) is 0 Å². The zero-order chi connectivity index (χ0) is 30.7. The van der Waals surface area contributed by atoms with Gasteiger partial charge in [-0.3, -0.25) is 4.79 Å². The minimum Gasteiger partial charge on any atom is -0.372 e. The van der Waals surface area contributed by atoms with Crippen molar-refractivity contribution >= 4 is 34.9 Å². The van der Waals surface area contributed by atoms with Crippen LogP contribution in [0.3, 0.4) is 0 Å². The number of carbonyl (C=O) groups excluding carboxylic acids is 1. The highest BCUT2D eigenvalue weighted by molar-refractivity contribution is 7.98. The van der Waals surface area contributed by atoms with E-state index in [0.29, 0.717) is 6.42 Å². The van der Waals surface area contributed by atoms with Crippen molar-refractivity contribution in [2.75, 3.05) is 41.0 Å². The molecule has 0 aliphatic carbocycles. The molecule has 234 valence electrons. The topological polar surface area (TPSA) is 61.4 Å². The Morgan fingerprint density at radius 1 is 0.744 bits per heavy atom. The van der Waals surface area contributed by atoms with Gasteiger partial charge in [-0.05, 0) is 50.1 Å². The Kier molecular flexibility index (Phi) is 16.0. The van der Waals surface area contributed by atoms with E-state index in [1.807, 2.05) is 13.2 Å². The smallest absolute Gasteiger partial charge is 0.224 e. The number of rotatable bonds is 21. The number of hydrogen-bond acceptors (Lipinski definition) is 6. The largest absolute Gasteiger partial charge is 0.372 e. The molecule has 0 atom stereocenters. The SMILES string of the molecule is CCCCCCCN(Cc1ccccc1)c1nc(C)nc(SC)c1NC(=O)CCCN(CCCCCC)c1ccccc1. The van der Waals surface area contributed by atoms with Crippen LogP contribution < -0.4 is 15.1 Å². The predicted octanol–water partition coefficient (Wildman–Crippen LogP) is 9.29. The number of benzene rings is 2. The number of thioether (sulfide) groups is 1. The van der Waals surface area contributed by atoms with Crippen molar-refractivity contribution in [2.45, 2.75) is 103 Å². The van der Waals surface area contributed by atoms with Crippen molar-refractivity contribution in [3.63, 3.8) is 0 Å². The lowest BCUT2D eigenvalue weighted by molar-refractivity contribution is -0.116. The second-order valence-electron chi connectivity index (χ2n) is 11.3. The van der Waals surface area contributed by atoms with Crippen LogP contribution in [-0.2, 0) is 11.3 Å². The average molecular weight is 604 g/mol. The van der Waals surface area contributed by atoms with Crippen LogP contribution in [-0.4, -0.2) is 41.8 Å². The van der Waals surface area contributed by atoms with Gasteiger partial charge in [0.15, 0.2) is 5.82 Å². The molecule has 0 spiro atoms. The Bertz CT molecular complexity index is 1190. The van der Waals surface area contributed by atoms with Gasteiger partial charge in [-0.25, -0.2) is 9.97 Å². The molecule has 7 heteroatoms. The summed E-state index contributed by atoms with van der Waals surface area (Å²) in [5.41, 5.74) is 3.20. The van der Waals surface area contributed by atoms with Gasteiger partial charge in [-0.2, -0.15) is 0 Å². The third kappa shape index (κ3) is 12.2. The molecule has 0 fully saturated rings. The summed E-state index contributed by atoms with van der Waals surface area (Å²) in [5.74, 6) is 1.57. The molecule has 1 heterocycles. The highest BCUT2D eigenvalue weighted by Gasteiger charge is 2.21. The first kappa shape index (κ1) is 34.4. The zero-order valence-corrected chi connectivity index (χ0v) is 27.8. The van der Waals surface area contributed by atoms with Crippen LogP contribution in [0.5, 0.6) is 0 Å². The molecule has 1 amide bonds. The van der Waals surface area contributed by atoms with Gasteiger partial charge in [0.2, 0.25) is 5.91 Å². The van der Waals surface area contributed by atoms with Crippen molar-refractivity contribution in [3.8, 4) is 0 Å². The molecule has 0 unspecified atom stereocenters. The molecule has 0 saturated heterocycles. The van der Waals surface area contributed by atoms with Gasteiger partial charge in [0, 0.05) is 38.3 Å². The number of amides is 1. The van der Waals surface area contributed by atoms with Gasteiger partial charge in [-0.1, -0.05) is 107 Å².